The van der Waals surface area contributed by atoms with Crippen molar-refractivity contribution < 1.29 is 14.6 Å². The summed E-state index contributed by atoms with van der Waals surface area (Å²) in [6.07, 6.45) is 5.22. The van der Waals surface area contributed by atoms with Crippen molar-refractivity contribution in [3.63, 3.8) is 0 Å². The fourth-order valence-corrected chi connectivity index (χ4v) is 4.00. The molecule has 1 aliphatic heterocycles. The van der Waals surface area contributed by atoms with Gasteiger partial charge in [0.2, 0.25) is 0 Å². The zero-order valence-corrected chi connectivity index (χ0v) is 13.7. The number of nitriles is 1. The van der Waals surface area contributed by atoms with Crippen LogP contribution in [0.1, 0.15) is 24.0 Å². The van der Waals surface area contributed by atoms with Crippen LogP contribution in [0.2, 0.25) is 0 Å². The van der Waals surface area contributed by atoms with Crippen molar-refractivity contribution in [2.75, 3.05) is 27.8 Å². The SMILES string of the molecule is COc1cc([C@@]23C=C[C@H](O)CC2N(C)CC3)cc(C#N)c1OC. The number of fused-ring (bicyclic) bond motifs is 1. The van der Waals surface area contributed by atoms with E-state index in [1.807, 2.05) is 18.2 Å². The maximum absolute atomic E-state index is 10.0. The molecule has 1 saturated heterocycles. The fourth-order valence-electron chi connectivity index (χ4n) is 4.00. The molecule has 23 heavy (non-hydrogen) atoms. The maximum Gasteiger partial charge on any atom is 0.178 e. The van der Waals surface area contributed by atoms with Crippen LogP contribution < -0.4 is 9.47 Å². The third kappa shape index (κ3) is 2.39. The molecule has 0 saturated carbocycles. The minimum Gasteiger partial charge on any atom is -0.493 e. The number of benzene rings is 1. The van der Waals surface area contributed by atoms with Gasteiger partial charge in [0.1, 0.15) is 6.07 Å². The standard InChI is InChI=1S/C18H22N2O3/c1-20-7-6-18(5-4-14(21)10-16(18)20)13-8-12(11-19)17(23-3)15(9-13)22-2/h4-5,8-9,14,16,21H,6-7,10H2,1-3H3/t14-,16?,18-/m0/s1. The second-order valence-corrected chi connectivity index (χ2v) is 6.32. The van der Waals surface area contributed by atoms with Gasteiger partial charge in [-0.3, -0.25) is 0 Å². The van der Waals surface area contributed by atoms with Gasteiger partial charge in [-0.1, -0.05) is 12.2 Å². The first-order valence-corrected chi connectivity index (χ1v) is 7.80. The summed E-state index contributed by atoms with van der Waals surface area (Å²) in [5.74, 6) is 1.04. The molecule has 1 unspecified atom stereocenters. The number of ether oxygens (including phenoxy) is 2. The van der Waals surface area contributed by atoms with Crippen LogP contribution in [0.4, 0.5) is 0 Å². The molecule has 3 atom stereocenters. The van der Waals surface area contributed by atoms with E-state index < -0.39 is 6.10 Å². The number of likely N-dealkylation sites (tertiary alicyclic amines) is 1. The molecular formula is C18H22N2O3. The fraction of sp³-hybridized carbons (Fsp3) is 0.500. The molecule has 1 aliphatic carbocycles. The number of aliphatic hydroxyl groups excluding tert-OH is 1. The summed E-state index contributed by atoms with van der Waals surface area (Å²) in [5, 5.41) is 19.5. The Morgan fingerprint density at radius 1 is 1.35 bits per heavy atom. The van der Waals surface area contributed by atoms with Crippen molar-refractivity contribution in [1.82, 2.24) is 4.90 Å². The lowest BCUT2D eigenvalue weighted by atomic mass is 9.69. The maximum atomic E-state index is 10.0. The normalized spacial score (nSPS) is 29.9. The molecule has 1 fully saturated rings. The molecule has 122 valence electrons. The summed E-state index contributed by atoms with van der Waals surface area (Å²) < 4.78 is 10.8. The van der Waals surface area contributed by atoms with Crippen molar-refractivity contribution in [2.45, 2.75) is 30.4 Å². The molecule has 0 aromatic heterocycles. The molecule has 2 aliphatic rings. The molecule has 0 radical (unpaired) electrons. The lowest BCUT2D eigenvalue weighted by Crippen LogP contribution is -2.44. The van der Waals surface area contributed by atoms with Crippen LogP contribution in [0.25, 0.3) is 0 Å². The van der Waals surface area contributed by atoms with Gasteiger partial charge in [-0.15, -0.1) is 0 Å². The molecule has 1 aromatic rings. The van der Waals surface area contributed by atoms with Gasteiger partial charge in [-0.05, 0) is 44.1 Å². The highest BCUT2D eigenvalue weighted by molar-refractivity contribution is 5.57. The molecule has 0 spiro atoms. The summed E-state index contributed by atoms with van der Waals surface area (Å²) in [7, 11) is 5.21. The lowest BCUT2D eigenvalue weighted by molar-refractivity contribution is 0.137. The van der Waals surface area contributed by atoms with E-state index in [9.17, 15) is 10.4 Å². The second-order valence-electron chi connectivity index (χ2n) is 6.32. The van der Waals surface area contributed by atoms with Crippen LogP contribution in [-0.4, -0.2) is 50.0 Å². The van der Waals surface area contributed by atoms with Crippen LogP contribution in [-0.2, 0) is 5.41 Å². The van der Waals surface area contributed by atoms with Crippen LogP contribution in [0.5, 0.6) is 11.5 Å². The number of methoxy groups -OCH3 is 2. The Balaban J connectivity index is 2.17. The minimum absolute atomic E-state index is 0.195. The van der Waals surface area contributed by atoms with Crippen molar-refractivity contribution >= 4 is 0 Å². The van der Waals surface area contributed by atoms with E-state index in [4.69, 9.17) is 9.47 Å². The van der Waals surface area contributed by atoms with E-state index in [-0.39, 0.29) is 11.5 Å². The Hall–Kier alpha value is -2.03. The number of rotatable bonds is 3. The topological polar surface area (TPSA) is 65.7 Å². The number of nitrogens with zero attached hydrogens (tertiary/aromatic N) is 2. The first-order chi connectivity index (χ1) is 11.1. The zero-order chi connectivity index (χ0) is 16.6. The van der Waals surface area contributed by atoms with Gasteiger partial charge in [-0.2, -0.15) is 5.26 Å². The van der Waals surface area contributed by atoms with Crippen molar-refractivity contribution in [1.29, 1.82) is 5.26 Å². The van der Waals surface area contributed by atoms with E-state index in [1.54, 1.807) is 14.2 Å². The van der Waals surface area contributed by atoms with Gasteiger partial charge in [0.25, 0.3) is 0 Å². The predicted octanol–water partition coefficient (Wildman–Crippen LogP) is 1.84. The number of aliphatic hydroxyl groups is 1. The van der Waals surface area contributed by atoms with Crippen LogP contribution in [0.15, 0.2) is 24.3 Å². The molecular weight excluding hydrogens is 292 g/mol. The largest absolute Gasteiger partial charge is 0.493 e. The van der Waals surface area contributed by atoms with Gasteiger partial charge in [0.05, 0.1) is 25.9 Å². The van der Waals surface area contributed by atoms with E-state index in [0.29, 0.717) is 23.5 Å². The molecule has 1 heterocycles. The van der Waals surface area contributed by atoms with Crippen LogP contribution in [0, 0.1) is 11.3 Å². The van der Waals surface area contributed by atoms with E-state index in [2.05, 4.69) is 24.1 Å². The number of likely N-dealkylation sites (N-methyl/N-ethyl adjacent to an activating group) is 1. The molecule has 0 amide bonds. The van der Waals surface area contributed by atoms with Gasteiger partial charge in [0.15, 0.2) is 11.5 Å². The van der Waals surface area contributed by atoms with Crippen LogP contribution >= 0.6 is 0 Å². The molecule has 5 nitrogen and oxygen atoms in total. The van der Waals surface area contributed by atoms with Crippen molar-refractivity contribution in [3.8, 4) is 17.6 Å². The second kappa shape index (κ2) is 5.88. The minimum atomic E-state index is -0.413. The van der Waals surface area contributed by atoms with Crippen molar-refractivity contribution in [3.05, 3.63) is 35.4 Å². The zero-order valence-electron chi connectivity index (χ0n) is 13.7. The van der Waals surface area contributed by atoms with E-state index in [1.165, 1.54) is 0 Å². The predicted molar refractivity (Wildman–Crippen MR) is 86.7 cm³/mol. The summed E-state index contributed by atoms with van der Waals surface area (Å²) in [5.41, 5.74) is 1.33. The Kier molecular flexibility index (Phi) is 4.05. The van der Waals surface area contributed by atoms with Gasteiger partial charge >= 0.3 is 0 Å². The van der Waals surface area contributed by atoms with Crippen molar-refractivity contribution in [2.24, 2.45) is 0 Å². The summed E-state index contributed by atoms with van der Waals surface area (Å²) in [6, 6.07) is 6.28. The average molecular weight is 314 g/mol. The lowest BCUT2D eigenvalue weighted by Gasteiger charge is -2.39. The highest BCUT2D eigenvalue weighted by atomic mass is 16.5. The quantitative estimate of drug-likeness (QED) is 0.862. The molecule has 0 bridgehead atoms. The molecule has 1 aromatic carbocycles. The average Bonchev–Trinajstić information content (AvgIpc) is 2.91. The molecule has 1 N–H and O–H groups in total. The third-order valence-electron chi connectivity index (χ3n) is 5.22. The summed E-state index contributed by atoms with van der Waals surface area (Å²) in [6.45, 7) is 0.956. The first kappa shape index (κ1) is 15.9. The van der Waals surface area contributed by atoms with Crippen LogP contribution in [0.3, 0.4) is 0 Å². The number of hydrogen-bond donors (Lipinski definition) is 1. The highest BCUT2D eigenvalue weighted by Crippen LogP contribution is 2.47. The first-order valence-electron chi connectivity index (χ1n) is 7.80. The summed E-state index contributed by atoms with van der Waals surface area (Å²) in [4.78, 5) is 2.29. The Bertz CT molecular complexity index is 680. The monoisotopic (exact) mass is 314 g/mol. The van der Waals surface area contributed by atoms with Gasteiger partial charge < -0.3 is 19.5 Å². The van der Waals surface area contributed by atoms with E-state index >= 15 is 0 Å². The highest BCUT2D eigenvalue weighted by Gasteiger charge is 2.48. The smallest absolute Gasteiger partial charge is 0.178 e. The Morgan fingerprint density at radius 2 is 2.13 bits per heavy atom. The van der Waals surface area contributed by atoms with E-state index in [0.717, 1.165) is 18.5 Å². The Labute approximate surface area is 136 Å². The molecule has 5 heteroatoms. The van der Waals surface area contributed by atoms with Gasteiger partial charge in [0, 0.05) is 11.5 Å². The third-order valence-corrected chi connectivity index (χ3v) is 5.22. The molecule has 3 rings (SSSR count). The Morgan fingerprint density at radius 3 is 2.78 bits per heavy atom. The number of hydrogen-bond acceptors (Lipinski definition) is 5. The summed E-state index contributed by atoms with van der Waals surface area (Å²) >= 11 is 0. The van der Waals surface area contributed by atoms with Gasteiger partial charge in [-0.25, -0.2) is 0 Å².